The molecule has 0 unspecified atom stereocenters. The first-order valence-corrected chi connectivity index (χ1v) is 8.76. The number of guanidine groups is 1. The number of anilines is 1. The number of nitrogens with one attached hydrogen (secondary N) is 2. The second-order valence-electron chi connectivity index (χ2n) is 6.46. The summed E-state index contributed by atoms with van der Waals surface area (Å²) in [4.78, 5) is 20.4. The van der Waals surface area contributed by atoms with E-state index < -0.39 is 11.3 Å². The summed E-state index contributed by atoms with van der Waals surface area (Å²) in [5, 5.41) is 9.13. The van der Waals surface area contributed by atoms with Crippen LogP contribution >= 0.6 is 0 Å². The number of rotatable bonds is 7. The third-order valence-electron chi connectivity index (χ3n) is 4.68. The molecular weight excluding hydrogens is 363 g/mol. The van der Waals surface area contributed by atoms with Gasteiger partial charge in [0, 0.05) is 30.4 Å². The maximum Gasteiger partial charge on any atom is 0.258 e. The van der Waals surface area contributed by atoms with Crippen molar-refractivity contribution < 1.29 is 13.7 Å². The highest BCUT2D eigenvalue weighted by atomic mass is 19.1. The van der Waals surface area contributed by atoms with Crippen molar-refractivity contribution in [3.63, 3.8) is 0 Å². The van der Waals surface area contributed by atoms with Crippen LogP contribution in [0.5, 0.6) is 0 Å². The Morgan fingerprint density at radius 2 is 2.29 bits per heavy atom. The number of amides is 1. The summed E-state index contributed by atoms with van der Waals surface area (Å²) in [6.07, 6.45) is 8.19. The lowest BCUT2D eigenvalue weighted by atomic mass is 9.66. The molecule has 3 rings (SSSR count). The van der Waals surface area contributed by atoms with Crippen molar-refractivity contribution >= 4 is 17.7 Å². The minimum Gasteiger partial charge on any atom is -0.370 e. The van der Waals surface area contributed by atoms with Gasteiger partial charge in [-0.3, -0.25) is 9.78 Å². The Morgan fingerprint density at radius 3 is 2.89 bits per heavy atom. The molecule has 0 radical (unpaired) electrons. The van der Waals surface area contributed by atoms with Crippen LogP contribution in [-0.2, 0) is 10.2 Å². The smallest absolute Gasteiger partial charge is 0.258 e. The first-order chi connectivity index (χ1) is 13.5. The molecule has 0 atom stereocenters. The molecule has 146 valence electrons. The Morgan fingerprint density at radius 1 is 1.46 bits per heavy atom. The molecule has 1 amide bonds. The third-order valence-corrected chi connectivity index (χ3v) is 4.68. The quantitative estimate of drug-likeness (QED) is 0.292. The van der Waals surface area contributed by atoms with E-state index in [1.54, 1.807) is 12.3 Å². The van der Waals surface area contributed by atoms with E-state index in [-0.39, 0.29) is 23.2 Å². The van der Waals surface area contributed by atoms with E-state index in [4.69, 9.17) is 5.73 Å². The molecule has 0 aliphatic heterocycles. The van der Waals surface area contributed by atoms with Gasteiger partial charge >= 0.3 is 0 Å². The monoisotopic (exact) mass is 384 g/mol. The van der Waals surface area contributed by atoms with E-state index in [0.717, 1.165) is 19.3 Å². The fourth-order valence-corrected chi connectivity index (χ4v) is 2.99. The summed E-state index contributed by atoms with van der Waals surface area (Å²) < 4.78 is 18.8. The molecule has 2 aromatic rings. The molecule has 28 heavy (non-hydrogen) atoms. The van der Waals surface area contributed by atoms with Crippen LogP contribution < -0.4 is 16.4 Å². The van der Waals surface area contributed by atoms with Gasteiger partial charge in [-0.1, -0.05) is 24.2 Å². The molecule has 0 aromatic carbocycles. The average Bonchev–Trinajstić information content (AvgIpc) is 3.15. The van der Waals surface area contributed by atoms with E-state index in [1.807, 2.05) is 0 Å². The number of hydrogen-bond acceptors (Lipinski definition) is 5. The van der Waals surface area contributed by atoms with Gasteiger partial charge in [-0.15, -0.1) is 0 Å². The topological polar surface area (TPSA) is 118 Å². The third kappa shape index (κ3) is 4.25. The van der Waals surface area contributed by atoms with Gasteiger partial charge in [0.25, 0.3) is 5.91 Å². The number of nitrogens with zero attached hydrogens (tertiary/aromatic N) is 3. The SMILES string of the molecule is C=C/C(=C\N=C(/N)NCC1(c2ncccc2F)CCC1)C(=O)Nc1ccon1. The van der Waals surface area contributed by atoms with E-state index in [2.05, 4.69) is 36.9 Å². The minimum absolute atomic E-state index is 0.108. The second-order valence-corrected chi connectivity index (χ2v) is 6.46. The van der Waals surface area contributed by atoms with Crippen molar-refractivity contribution in [3.8, 4) is 0 Å². The number of nitrogens with two attached hydrogens (primary N) is 1. The van der Waals surface area contributed by atoms with Gasteiger partial charge in [-0.05, 0) is 25.0 Å². The number of carbonyl (C=O) groups is 1. The summed E-state index contributed by atoms with van der Waals surface area (Å²) in [5.74, 6) is -0.391. The Kier molecular flexibility index (Phi) is 5.83. The molecule has 1 aliphatic rings. The average molecular weight is 384 g/mol. The largest absolute Gasteiger partial charge is 0.370 e. The van der Waals surface area contributed by atoms with E-state index in [9.17, 15) is 9.18 Å². The van der Waals surface area contributed by atoms with Crippen molar-refractivity contribution in [1.82, 2.24) is 15.5 Å². The van der Waals surface area contributed by atoms with Gasteiger partial charge in [0.1, 0.15) is 12.1 Å². The van der Waals surface area contributed by atoms with E-state index in [0.29, 0.717) is 12.2 Å². The summed E-state index contributed by atoms with van der Waals surface area (Å²) >= 11 is 0. The number of aliphatic imine (C=N–C) groups is 1. The molecule has 9 heteroatoms. The number of carbonyl (C=O) groups excluding carboxylic acids is 1. The van der Waals surface area contributed by atoms with E-state index >= 15 is 0 Å². The standard InChI is InChI=1S/C19H21FN6O2/c1-2-13(17(27)25-15-6-10-28-26-15)11-23-18(21)24-12-19(7-4-8-19)16-14(20)5-3-9-22-16/h2-3,5-6,9-11H,1,4,7-8,12H2,(H3,21,23,24)(H,25,26,27)/b13-11+. The summed E-state index contributed by atoms with van der Waals surface area (Å²) in [7, 11) is 0. The fourth-order valence-electron chi connectivity index (χ4n) is 2.99. The predicted molar refractivity (Wildman–Crippen MR) is 103 cm³/mol. The molecule has 0 spiro atoms. The van der Waals surface area contributed by atoms with Crippen LogP contribution in [0.4, 0.5) is 10.2 Å². The van der Waals surface area contributed by atoms with E-state index in [1.165, 1.54) is 30.7 Å². The maximum atomic E-state index is 14.1. The van der Waals surface area contributed by atoms with Gasteiger partial charge < -0.3 is 20.9 Å². The normalized spacial score (nSPS) is 16.2. The highest BCUT2D eigenvalue weighted by Crippen LogP contribution is 2.43. The molecule has 8 nitrogen and oxygen atoms in total. The van der Waals surface area contributed by atoms with Gasteiger partial charge in [0.15, 0.2) is 11.8 Å². The lowest BCUT2D eigenvalue weighted by molar-refractivity contribution is -0.112. The molecule has 1 fully saturated rings. The minimum atomic E-state index is -0.452. The molecule has 0 saturated heterocycles. The molecule has 0 bridgehead atoms. The number of pyridine rings is 1. The Hall–Kier alpha value is -3.49. The zero-order valence-electron chi connectivity index (χ0n) is 15.2. The van der Waals surface area contributed by atoms with Crippen molar-refractivity contribution in [2.24, 2.45) is 10.7 Å². The summed E-state index contributed by atoms with van der Waals surface area (Å²) in [5.41, 5.74) is 6.14. The van der Waals surface area contributed by atoms with Crippen molar-refractivity contribution in [2.75, 3.05) is 11.9 Å². The summed E-state index contributed by atoms with van der Waals surface area (Å²) in [6.45, 7) is 3.99. The lowest BCUT2D eigenvalue weighted by Crippen LogP contribution is -2.48. The van der Waals surface area contributed by atoms with Gasteiger partial charge in [0.05, 0.1) is 11.3 Å². The number of hydrogen-bond donors (Lipinski definition) is 3. The highest BCUT2D eigenvalue weighted by molar-refractivity contribution is 6.05. The molecule has 1 saturated carbocycles. The Bertz CT molecular complexity index is 903. The van der Waals surface area contributed by atoms with Crippen molar-refractivity contribution in [2.45, 2.75) is 24.7 Å². The van der Waals surface area contributed by atoms with Crippen molar-refractivity contribution in [3.05, 3.63) is 66.6 Å². The van der Waals surface area contributed by atoms with Crippen LogP contribution in [0.25, 0.3) is 0 Å². The lowest BCUT2D eigenvalue weighted by Gasteiger charge is -2.41. The maximum absolute atomic E-state index is 14.1. The van der Waals surface area contributed by atoms with Crippen LogP contribution in [-0.4, -0.2) is 28.6 Å². The van der Waals surface area contributed by atoms with Gasteiger partial charge in [-0.2, -0.15) is 0 Å². The zero-order valence-corrected chi connectivity index (χ0v) is 15.2. The first-order valence-electron chi connectivity index (χ1n) is 8.76. The number of halogens is 1. The van der Waals surface area contributed by atoms with Gasteiger partial charge in [0.2, 0.25) is 0 Å². The van der Waals surface area contributed by atoms with Crippen LogP contribution in [0, 0.1) is 5.82 Å². The van der Waals surface area contributed by atoms with Crippen LogP contribution in [0.15, 0.2) is 64.6 Å². The molecule has 2 aromatic heterocycles. The fraction of sp³-hybridized carbons (Fsp3) is 0.263. The van der Waals surface area contributed by atoms with Crippen LogP contribution in [0.3, 0.4) is 0 Å². The van der Waals surface area contributed by atoms with Crippen LogP contribution in [0.1, 0.15) is 25.0 Å². The molecule has 4 N–H and O–H groups in total. The highest BCUT2D eigenvalue weighted by Gasteiger charge is 2.41. The predicted octanol–water partition coefficient (Wildman–Crippen LogP) is 2.24. The Balaban J connectivity index is 1.64. The number of aromatic nitrogens is 2. The second kappa shape index (κ2) is 8.47. The Labute approximate surface area is 161 Å². The van der Waals surface area contributed by atoms with Crippen molar-refractivity contribution in [1.29, 1.82) is 0 Å². The van der Waals surface area contributed by atoms with Gasteiger partial charge in [-0.25, -0.2) is 9.38 Å². The first kappa shape index (κ1) is 19.3. The summed E-state index contributed by atoms with van der Waals surface area (Å²) in [6, 6.07) is 4.49. The zero-order chi connectivity index (χ0) is 20.0. The molecular formula is C19H21FN6O2. The van der Waals surface area contributed by atoms with Crippen LogP contribution in [0.2, 0.25) is 0 Å². The molecule has 1 aliphatic carbocycles. The molecule has 2 heterocycles.